The van der Waals surface area contributed by atoms with Crippen LogP contribution in [0.15, 0.2) is 42.9 Å². The predicted molar refractivity (Wildman–Crippen MR) is 123 cm³/mol. The first-order valence-electron chi connectivity index (χ1n) is 11.3. The summed E-state index contributed by atoms with van der Waals surface area (Å²) in [6.45, 7) is 4.01. The fourth-order valence-corrected chi connectivity index (χ4v) is 5.03. The summed E-state index contributed by atoms with van der Waals surface area (Å²) in [6.07, 6.45) is 6.83. The van der Waals surface area contributed by atoms with E-state index in [1.54, 1.807) is 11.5 Å². The van der Waals surface area contributed by atoms with Gasteiger partial charge in [-0.15, -0.1) is 0 Å². The molecule has 0 aliphatic carbocycles. The van der Waals surface area contributed by atoms with Crippen LogP contribution in [0.4, 0.5) is 8.78 Å². The molecule has 0 amide bonds. The molecule has 7 rings (SSSR count). The molecule has 2 bridgehead atoms. The summed E-state index contributed by atoms with van der Waals surface area (Å²) < 4.78 is 30.9. The number of aryl methyl sites for hydroxylation is 1. The molecule has 1 N–H and O–H groups in total. The number of nitrogens with zero attached hydrogens (tertiary/aromatic N) is 6. The number of rotatable bonds is 4. The maximum Gasteiger partial charge on any atom is 0.316 e. The van der Waals surface area contributed by atoms with Crippen LogP contribution in [-0.2, 0) is 6.54 Å². The van der Waals surface area contributed by atoms with Crippen LogP contribution in [0.5, 0.6) is 6.01 Å². The number of pyridine rings is 1. The maximum absolute atomic E-state index is 15.3. The maximum atomic E-state index is 15.3. The van der Waals surface area contributed by atoms with E-state index in [0.717, 1.165) is 37.7 Å². The Morgan fingerprint density at radius 3 is 2.59 bits per heavy atom. The van der Waals surface area contributed by atoms with Crippen LogP contribution >= 0.6 is 0 Å². The zero-order valence-electron chi connectivity index (χ0n) is 18.5. The molecule has 0 spiro atoms. The van der Waals surface area contributed by atoms with Crippen LogP contribution in [0, 0.1) is 24.5 Å². The van der Waals surface area contributed by atoms with Gasteiger partial charge in [-0.25, -0.2) is 13.8 Å². The molecule has 7 nitrogen and oxygen atoms in total. The van der Waals surface area contributed by atoms with Gasteiger partial charge in [-0.3, -0.25) is 4.98 Å². The van der Waals surface area contributed by atoms with Gasteiger partial charge < -0.3 is 14.6 Å². The highest BCUT2D eigenvalue weighted by atomic mass is 19.1. The molecule has 1 saturated heterocycles. The third kappa shape index (κ3) is 3.48. The summed E-state index contributed by atoms with van der Waals surface area (Å²) in [4.78, 5) is 18.9. The van der Waals surface area contributed by atoms with Crippen LogP contribution in [0.1, 0.15) is 29.7 Å². The molecule has 3 aromatic heterocycles. The summed E-state index contributed by atoms with van der Waals surface area (Å²) in [7, 11) is 0. The number of allylic oxidation sites excluding steroid dienone is 1. The van der Waals surface area contributed by atoms with Gasteiger partial charge in [0.25, 0.3) is 0 Å². The second kappa shape index (κ2) is 7.86. The van der Waals surface area contributed by atoms with Crippen molar-refractivity contribution in [1.82, 2.24) is 29.4 Å². The molecular formula is C25H22F2N6O. The van der Waals surface area contributed by atoms with E-state index in [0.29, 0.717) is 45.3 Å². The van der Waals surface area contributed by atoms with Crippen LogP contribution in [0.25, 0.3) is 28.1 Å². The van der Waals surface area contributed by atoms with Gasteiger partial charge in [0.2, 0.25) is 0 Å². The molecule has 3 aliphatic heterocycles. The topological polar surface area (TPSA) is 80.0 Å². The van der Waals surface area contributed by atoms with Gasteiger partial charge in [0.05, 0.1) is 18.4 Å². The fourth-order valence-electron chi connectivity index (χ4n) is 5.03. The molecule has 0 atom stereocenters. The van der Waals surface area contributed by atoms with E-state index in [2.05, 4.69) is 31.0 Å². The third-order valence-electron chi connectivity index (χ3n) is 6.70. The van der Waals surface area contributed by atoms with E-state index in [-0.39, 0.29) is 18.4 Å². The van der Waals surface area contributed by atoms with E-state index in [9.17, 15) is 9.50 Å². The van der Waals surface area contributed by atoms with Gasteiger partial charge in [-0.1, -0.05) is 12.1 Å². The van der Waals surface area contributed by atoms with Crippen molar-refractivity contribution in [3.05, 3.63) is 71.3 Å². The Hall–Kier alpha value is -3.88. The molecule has 3 aliphatic rings. The zero-order chi connectivity index (χ0) is 23.4. The molecule has 0 radical (unpaired) electrons. The molecule has 6 heterocycles. The van der Waals surface area contributed by atoms with Crippen LogP contribution in [0.3, 0.4) is 0 Å². The quantitative estimate of drug-likeness (QED) is 0.489. The summed E-state index contributed by atoms with van der Waals surface area (Å²) in [6, 6.07) is 6.20. The molecule has 1 aromatic carbocycles. The monoisotopic (exact) mass is 460 g/mol. The van der Waals surface area contributed by atoms with Crippen molar-refractivity contribution in [3.63, 3.8) is 0 Å². The highest BCUT2D eigenvalue weighted by molar-refractivity contribution is 5.79. The van der Waals surface area contributed by atoms with Gasteiger partial charge in [0, 0.05) is 36.6 Å². The Labute approximate surface area is 194 Å². The SMILES string of the molecule is Cc1nc(O)nc2c1nc(-c1cncc(F)c1)n2Cc1ccc(C2=CN3CCC2CC3)c(F)c1. The molecule has 0 unspecified atom stereocenters. The highest BCUT2D eigenvalue weighted by Crippen LogP contribution is 2.38. The van der Waals surface area contributed by atoms with Crippen molar-refractivity contribution in [1.29, 1.82) is 0 Å². The number of piperidine rings is 1. The lowest BCUT2D eigenvalue weighted by molar-refractivity contribution is 0.252. The normalized spacial score (nSPS) is 15.9. The highest BCUT2D eigenvalue weighted by Gasteiger charge is 2.29. The van der Waals surface area contributed by atoms with Crippen molar-refractivity contribution in [2.75, 3.05) is 13.1 Å². The second-order valence-corrected chi connectivity index (χ2v) is 8.90. The molecule has 0 saturated carbocycles. The van der Waals surface area contributed by atoms with Crippen molar-refractivity contribution in [2.45, 2.75) is 26.3 Å². The summed E-state index contributed by atoms with van der Waals surface area (Å²) in [5.74, 6) is 0.0414. The Morgan fingerprint density at radius 2 is 1.88 bits per heavy atom. The van der Waals surface area contributed by atoms with Crippen molar-refractivity contribution < 1.29 is 13.9 Å². The second-order valence-electron chi connectivity index (χ2n) is 8.90. The Bertz CT molecular complexity index is 1460. The van der Waals surface area contributed by atoms with Gasteiger partial charge >= 0.3 is 6.01 Å². The Morgan fingerprint density at radius 1 is 1.06 bits per heavy atom. The molecule has 9 heteroatoms. The van der Waals surface area contributed by atoms with Crippen molar-refractivity contribution in [3.8, 4) is 17.4 Å². The van der Waals surface area contributed by atoms with Gasteiger partial charge in [0.1, 0.15) is 23.0 Å². The lowest BCUT2D eigenvalue weighted by Gasteiger charge is -2.39. The fraction of sp³-hybridized carbons (Fsp3) is 0.280. The average molecular weight is 460 g/mol. The predicted octanol–water partition coefficient (Wildman–Crippen LogP) is 4.30. The first kappa shape index (κ1) is 20.7. The zero-order valence-corrected chi connectivity index (χ0v) is 18.5. The van der Waals surface area contributed by atoms with Crippen LogP contribution < -0.4 is 0 Å². The van der Waals surface area contributed by atoms with E-state index < -0.39 is 5.82 Å². The molecule has 1 fully saturated rings. The van der Waals surface area contributed by atoms with Gasteiger partial charge in [0.15, 0.2) is 5.65 Å². The number of aromatic hydroxyl groups is 1. The Balaban J connectivity index is 1.43. The molecule has 4 aromatic rings. The number of imidazole rings is 1. The number of hydrogen-bond acceptors (Lipinski definition) is 6. The van der Waals surface area contributed by atoms with Crippen molar-refractivity contribution in [2.24, 2.45) is 5.92 Å². The summed E-state index contributed by atoms with van der Waals surface area (Å²) >= 11 is 0. The number of hydrogen-bond donors (Lipinski definition) is 1. The Kier molecular flexibility index (Phi) is 4.79. The number of halogens is 2. The lowest BCUT2D eigenvalue weighted by Crippen LogP contribution is -2.35. The van der Waals surface area contributed by atoms with E-state index in [1.807, 2.05) is 12.1 Å². The third-order valence-corrected chi connectivity index (χ3v) is 6.70. The van der Waals surface area contributed by atoms with Crippen LogP contribution in [0.2, 0.25) is 0 Å². The molecule has 34 heavy (non-hydrogen) atoms. The van der Waals surface area contributed by atoms with E-state index in [1.165, 1.54) is 18.3 Å². The summed E-state index contributed by atoms with van der Waals surface area (Å²) in [5, 5.41) is 10.00. The lowest BCUT2D eigenvalue weighted by atomic mass is 9.82. The number of benzene rings is 1. The average Bonchev–Trinajstić information content (AvgIpc) is 3.18. The van der Waals surface area contributed by atoms with E-state index >= 15 is 4.39 Å². The molecular weight excluding hydrogens is 438 g/mol. The minimum absolute atomic E-state index is 0.226. The molecule has 172 valence electrons. The van der Waals surface area contributed by atoms with Gasteiger partial charge in [-0.05, 0) is 49.0 Å². The first-order chi connectivity index (χ1) is 16.5. The summed E-state index contributed by atoms with van der Waals surface area (Å²) in [5.41, 5.74) is 4.20. The van der Waals surface area contributed by atoms with Crippen LogP contribution in [-0.4, -0.2) is 47.6 Å². The largest absolute Gasteiger partial charge is 0.479 e. The minimum atomic E-state index is -0.497. The first-order valence-corrected chi connectivity index (χ1v) is 11.3. The number of aromatic nitrogens is 5. The number of fused-ring (bicyclic) bond motifs is 3. The minimum Gasteiger partial charge on any atom is -0.479 e. The standard InChI is InChI=1S/C25H22F2N6O/c1-14-22-24(31-25(34)29-14)33(23(30-22)17-9-18(26)11-28-10-17)12-15-2-3-19(21(27)8-15)20-13-32-6-4-16(20)5-7-32/h2-3,8-11,13,16H,4-7,12H2,1H3,(H,29,31,34). The van der Waals surface area contributed by atoms with Crippen molar-refractivity contribution >= 4 is 16.7 Å². The van der Waals surface area contributed by atoms with Gasteiger partial charge in [-0.2, -0.15) is 9.97 Å². The van der Waals surface area contributed by atoms with E-state index in [4.69, 9.17) is 0 Å². The smallest absolute Gasteiger partial charge is 0.316 e.